The maximum absolute atomic E-state index is 2.33. The molecule has 56 valence electrons. The van der Waals surface area contributed by atoms with E-state index >= 15 is 0 Å². The van der Waals surface area contributed by atoms with Crippen molar-refractivity contribution in [3.63, 3.8) is 0 Å². The summed E-state index contributed by atoms with van der Waals surface area (Å²) in [6.07, 6.45) is 10.5. The van der Waals surface area contributed by atoms with E-state index in [2.05, 4.69) is 19.1 Å². The van der Waals surface area contributed by atoms with E-state index in [4.69, 9.17) is 0 Å². The number of allylic oxidation sites excluding steroid dienone is 2. The molecule has 2 saturated carbocycles. The molecule has 0 spiro atoms. The van der Waals surface area contributed by atoms with Gasteiger partial charge in [0.2, 0.25) is 0 Å². The molecule has 10 heavy (non-hydrogen) atoms. The molecule has 0 heterocycles. The molecule has 0 N–H and O–H groups in total. The van der Waals surface area contributed by atoms with Crippen LogP contribution in [0.3, 0.4) is 0 Å². The smallest absolute Gasteiger partial charge is 0.0319 e. The highest BCUT2D eigenvalue weighted by molar-refractivity contribution is 4.99. The summed E-state index contributed by atoms with van der Waals surface area (Å²) in [4.78, 5) is 0. The van der Waals surface area contributed by atoms with Crippen molar-refractivity contribution in [3.05, 3.63) is 12.2 Å². The summed E-state index contributed by atoms with van der Waals surface area (Å²) in [6.45, 7) is 2.12. The zero-order valence-electron chi connectivity index (χ0n) is 6.72. The Labute approximate surface area is 63.3 Å². The number of rotatable bonds is 3. The van der Waals surface area contributed by atoms with Gasteiger partial charge < -0.3 is 0 Å². The number of hydrogen-bond donors (Lipinski definition) is 0. The second-order valence-electron chi connectivity index (χ2n) is 3.80. The molecule has 0 unspecified atom stereocenters. The first-order chi connectivity index (χ1) is 4.92. The average molecular weight is 136 g/mol. The molecule has 0 aromatic rings. The van der Waals surface area contributed by atoms with Crippen LogP contribution in [-0.2, 0) is 0 Å². The van der Waals surface area contributed by atoms with Gasteiger partial charge in [0, 0.05) is 0 Å². The third-order valence-electron chi connectivity index (χ3n) is 2.88. The Morgan fingerprint density at radius 1 is 1.40 bits per heavy atom. The molecule has 0 radical (unpaired) electrons. The summed E-state index contributed by atoms with van der Waals surface area (Å²) in [7, 11) is 0. The fourth-order valence-electron chi connectivity index (χ4n) is 1.95. The standard InChI is InChI=1S/C10H16/c1-2-3-4-9-7-10(9)8-5-6-8/h2-3,8-10H,4-7H2,1H3/b3-2+/t9-,10-/m1/s1. The molecule has 0 aliphatic heterocycles. The molecular formula is C10H16. The highest BCUT2D eigenvalue weighted by Gasteiger charge is 2.46. The first kappa shape index (κ1) is 6.45. The van der Waals surface area contributed by atoms with Crippen LogP contribution in [-0.4, -0.2) is 0 Å². The summed E-state index contributed by atoms with van der Waals surface area (Å²) >= 11 is 0. The van der Waals surface area contributed by atoms with E-state index in [1.165, 1.54) is 25.7 Å². The Morgan fingerprint density at radius 3 is 2.80 bits per heavy atom. The van der Waals surface area contributed by atoms with E-state index < -0.39 is 0 Å². The molecular weight excluding hydrogens is 120 g/mol. The van der Waals surface area contributed by atoms with Gasteiger partial charge in [-0.2, -0.15) is 0 Å². The summed E-state index contributed by atoms with van der Waals surface area (Å²) in [5.41, 5.74) is 0. The van der Waals surface area contributed by atoms with Crippen LogP contribution in [0, 0.1) is 17.8 Å². The highest BCUT2D eigenvalue weighted by atomic mass is 14.5. The molecule has 0 heteroatoms. The fraction of sp³-hybridized carbons (Fsp3) is 0.800. The first-order valence-corrected chi connectivity index (χ1v) is 4.53. The third kappa shape index (κ3) is 1.25. The van der Waals surface area contributed by atoms with Gasteiger partial charge in [-0.25, -0.2) is 0 Å². The second kappa shape index (κ2) is 2.41. The van der Waals surface area contributed by atoms with Gasteiger partial charge in [-0.05, 0) is 50.4 Å². The molecule has 2 aliphatic rings. The van der Waals surface area contributed by atoms with Crippen LogP contribution in [0.25, 0.3) is 0 Å². The molecule has 0 nitrogen and oxygen atoms in total. The van der Waals surface area contributed by atoms with Crippen molar-refractivity contribution in [2.45, 2.75) is 32.6 Å². The summed E-state index contributed by atoms with van der Waals surface area (Å²) in [5.74, 6) is 3.40. The molecule has 0 aromatic carbocycles. The highest BCUT2D eigenvalue weighted by Crippen LogP contribution is 2.55. The minimum atomic E-state index is 1.09. The van der Waals surface area contributed by atoms with Gasteiger partial charge in [-0.1, -0.05) is 12.2 Å². The molecule has 2 atom stereocenters. The van der Waals surface area contributed by atoms with E-state index in [-0.39, 0.29) is 0 Å². The van der Waals surface area contributed by atoms with Crippen LogP contribution < -0.4 is 0 Å². The molecule has 0 saturated heterocycles. The van der Waals surface area contributed by atoms with Crippen molar-refractivity contribution >= 4 is 0 Å². The lowest BCUT2D eigenvalue weighted by molar-refractivity contribution is 0.632. The van der Waals surface area contributed by atoms with Crippen molar-refractivity contribution < 1.29 is 0 Å². The molecule has 0 amide bonds. The lowest BCUT2D eigenvalue weighted by Gasteiger charge is -1.90. The monoisotopic (exact) mass is 136 g/mol. The quantitative estimate of drug-likeness (QED) is 0.523. The zero-order chi connectivity index (χ0) is 6.97. The van der Waals surface area contributed by atoms with Crippen LogP contribution in [0.5, 0.6) is 0 Å². The minimum absolute atomic E-state index is 1.09. The van der Waals surface area contributed by atoms with Gasteiger partial charge in [0.25, 0.3) is 0 Å². The Hall–Kier alpha value is -0.260. The predicted octanol–water partition coefficient (Wildman–Crippen LogP) is 3.00. The van der Waals surface area contributed by atoms with E-state index in [9.17, 15) is 0 Å². The lowest BCUT2D eigenvalue weighted by atomic mass is 10.2. The van der Waals surface area contributed by atoms with Crippen molar-refractivity contribution in [1.82, 2.24) is 0 Å². The predicted molar refractivity (Wildman–Crippen MR) is 43.8 cm³/mol. The van der Waals surface area contributed by atoms with Gasteiger partial charge in [-0.15, -0.1) is 0 Å². The van der Waals surface area contributed by atoms with Crippen molar-refractivity contribution in [3.8, 4) is 0 Å². The SMILES string of the molecule is C/C=C/C[C@@H]1C[C@@H]1C1CC1. The summed E-state index contributed by atoms with van der Waals surface area (Å²) < 4.78 is 0. The van der Waals surface area contributed by atoms with Gasteiger partial charge >= 0.3 is 0 Å². The van der Waals surface area contributed by atoms with E-state index in [0.717, 1.165) is 17.8 Å². The van der Waals surface area contributed by atoms with Gasteiger partial charge in [0.05, 0.1) is 0 Å². The van der Waals surface area contributed by atoms with Crippen LogP contribution in [0.4, 0.5) is 0 Å². The summed E-state index contributed by atoms with van der Waals surface area (Å²) in [6, 6.07) is 0. The zero-order valence-corrected chi connectivity index (χ0v) is 6.72. The van der Waals surface area contributed by atoms with Crippen molar-refractivity contribution in [2.75, 3.05) is 0 Å². The Bertz CT molecular complexity index is 142. The van der Waals surface area contributed by atoms with E-state index in [1.807, 2.05) is 0 Å². The van der Waals surface area contributed by atoms with Crippen molar-refractivity contribution in [1.29, 1.82) is 0 Å². The molecule has 0 aromatic heterocycles. The van der Waals surface area contributed by atoms with Crippen LogP contribution >= 0.6 is 0 Å². The van der Waals surface area contributed by atoms with Gasteiger partial charge in [0.15, 0.2) is 0 Å². The van der Waals surface area contributed by atoms with Crippen LogP contribution in [0.1, 0.15) is 32.6 Å². The maximum atomic E-state index is 2.33. The molecule has 2 fully saturated rings. The Morgan fingerprint density at radius 2 is 2.20 bits per heavy atom. The normalized spacial score (nSPS) is 38.9. The molecule has 0 bridgehead atoms. The van der Waals surface area contributed by atoms with Crippen molar-refractivity contribution in [2.24, 2.45) is 17.8 Å². The summed E-state index contributed by atoms with van der Waals surface area (Å²) in [5, 5.41) is 0. The first-order valence-electron chi connectivity index (χ1n) is 4.53. The molecule has 2 aliphatic carbocycles. The number of hydrogen-bond acceptors (Lipinski definition) is 0. The average Bonchev–Trinajstić information content (AvgIpc) is 2.77. The maximum Gasteiger partial charge on any atom is -0.0319 e. The topological polar surface area (TPSA) is 0 Å². The second-order valence-corrected chi connectivity index (χ2v) is 3.80. The minimum Gasteiger partial charge on any atom is -0.0917 e. The van der Waals surface area contributed by atoms with E-state index in [0.29, 0.717) is 0 Å². The third-order valence-corrected chi connectivity index (χ3v) is 2.88. The van der Waals surface area contributed by atoms with Gasteiger partial charge in [0.1, 0.15) is 0 Å². The van der Waals surface area contributed by atoms with Crippen LogP contribution in [0.2, 0.25) is 0 Å². The van der Waals surface area contributed by atoms with E-state index in [1.54, 1.807) is 0 Å². The van der Waals surface area contributed by atoms with Crippen LogP contribution in [0.15, 0.2) is 12.2 Å². The Balaban J connectivity index is 1.69. The van der Waals surface area contributed by atoms with Gasteiger partial charge in [-0.3, -0.25) is 0 Å². The Kier molecular flexibility index (Phi) is 1.55. The fourth-order valence-corrected chi connectivity index (χ4v) is 1.95. The molecule has 2 rings (SSSR count). The lowest BCUT2D eigenvalue weighted by Crippen LogP contribution is -1.81. The largest absolute Gasteiger partial charge is 0.0917 e.